The van der Waals surface area contributed by atoms with Crippen molar-refractivity contribution < 1.29 is 18.9 Å². The van der Waals surface area contributed by atoms with Gasteiger partial charge < -0.3 is 14.5 Å². The minimum atomic E-state index is -2.78. The Kier molecular flexibility index (Phi) is 10.0. The first-order valence-electron chi connectivity index (χ1n) is 12.2. The van der Waals surface area contributed by atoms with Crippen LogP contribution in [0.2, 0.25) is 5.04 Å². The number of rotatable bonds is 11. The van der Waals surface area contributed by atoms with E-state index in [1.165, 1.54) is 0 Å². The first-order chi connectivity index (χ1) is 16.3. The molecule has 1 amide bonds. The highest BCUT2D eigenvalue weighted by atomic mass is 28.4. The summed E-state index contributed by atoms with van der Waals surface area (Å²) in [6, 6.07) is 20.3. The van der Waals surface area contributed by atoms with Crippen molar-refractivity contribution in [2.24, 2.45) is 0 Å². The number of amides is 1. The molecule has 0 aromatic heterocycles. The predicted octanol–water partition coefficient (Wildman–Crippen LogP) is 4.90. The van der Waals surface area contributed by atoms with Crippen LogP contribution < -0.4 is 15.7 Å². The Morgan fingerprint density at radius 2 is 1.46 bits per heavy atom. The van der Waals surface area contributed by atoms with Crippen molar-refractivity contribution in [1.29, 1.82) is 0 Å². The van der Waals surface area contributed by atoms with E-state index < -0.39 is 20.0 Å². The second-order valence-corrected chi connectivity index (χ2v) is 15.2. The van der Waals surface area contributed by atoms with Gasteiger partial charge in [0.05, 0.1) is 12.6 Å². The molecule has 0 aliphatic heterocycles. The summed E-state index contributed by atoms with van der Waals surface area (Å²) >= 11 is 0. The third-order valence-corrected chi connectivity index (χ3v) is 10.8. The fourth-order valence-electron chi connectivity index (χ4n) is 4.29. The SMILES string of the molecule is CC(C)(C)OC(=O)N[C@@H](CCCC[N+](=O)[O-])CO[Si](c1ccccc1)(c1ccccc1)C(C)(C)C. The molecule has 0 aliphatic carbocycles. The van der Waals surface area contributed by atoms with Gasteiger partial charge in [-0.3, -0.25) is 10.1 Å². The molecule has 0 saturated heterocycles. The van der Waals surface area contributed by atoms with Crippen molar-refractivity contribution in [3.8, 4) is 0 Å². The van der Waals surface area contributed by atoms with E-state index in [1.54, 1.807) is 0 Å². The molecular formula is C27H40N2O5Si. The maximum Gasteiger partial charge on any atom is 0.407 e. The summed E-state index contributed by atoms with van der Waals surface area (Å²) in [6.45, 7) is 12.2. The Hall–Kier alpha value is -2.71. The average Bonchev–Trinajstić information content (AvgIpc) is 2.76. The van der Waals surface area contributed by atoms with Crippen molar-refractivity contribution in [1.82, 2.24) is 5.32 Å². The molecule has 2 aromatic rings. The molecule has 0 bridgehead atoms. The molecule has 192 valence electrons. The standard InChI is InChI=1S/C27H40N2O5Si/c1-26(2,3)34-25(30)28-22(15-13-14-20-29(31)32)21-33-35(27(4,5)6,23-16-9-7-10-17-23)24-18-11-8-12-19-24/h7-12,16-19,22H,13-15,20-21H2,1-6H3,(H,28,30)/t22-/m0/s1. The van der Waals surface area contributed by atoms with E-state index in [4.69, 9.17) is 9.16 Å². The van der Waals surface area contributed by atoms with Crippen LogP contribution >= 0.6 is 0 Å². The van der Waals surface area contributed by atoms with Crippen LogP contribution in [0.1, 0.15) is 60.8 Å². The second kappa shape index (κ2) is 12.3. The van der Waals surface area contributed by atoms with E-state index in [2.05, 4.69) is 50.4 Å². The van der Waals surface area contributed by atoms with Crippen LogP contribution in [0.25, 0.3) is 0 Å². The molecule has 2 rings (SSSR count). The number of alkyl carbamates (subject to hydrolysis) is 1. The molecule has 0 fully saturated rings. The fourth-order valence-corrected chi connectivity index (χ4v) is 8.90. The molecule has 35 heavy (non-hydrogen) atoms. The fraction of sp³-hybridized carbons (Fsp3) is 0.519. The molecule has 1 atom stereocenters. The zero-order valence-electron chi connectivity index (χ0n) is 21.9. The Bertz CT molecular complexity index is 900. The summed E-state index contributed by atoms with van der Waals surface area (Å²) in [4.78, 5) is 23.0. The Morgan fingerprint density at radius 1 is 0.943 bits per heavy atom. The number of carbonyl (C=O) groups is 1. The minimum absolute atomic E-state index is 0.0886. The molecule has 7 nitrogen and oxygen atoms in total. The van der Waals surface area contributed by atoms with Gasteiger partial charge in [0.15, 0.2) is 0 Å². The number of hydrogen-bond acceptors (Lipinski definition) is 5. The molecule has 0 spiro atoms. The van der Waals surface area contributed by atoms with Crippen molar-refractivity contribution in [3.05, 3.63) is 70.8 Å². The van der Waals surface area contributed by atoms with Gasteiger partial charge in [-0.1, -0.05) is 81.4 Å². The van der Waals surface area contributed by atoms with E-state index >= 15 is 0 Å². The van der Waals surface area contributed by atoms with E-state index in [9.17, 15) is 14.9 Å². The predicted molar refractivity (Wildman–Crippen MR) is 142 cm³/mol. The molecule has 0 unspecified atom stereocenters. The normalized spacial score (nSPS) is 13.2. The molecule has 8 heteroatoms. The number of nitrogens with one attached hydrogen (secondary N) is 1. The maximum atomic E-state index is 12.6. The average molecular weight is 501 g/mol. The van der Waals surface area contributed by atoms with E-state index in [0.717, 1.165) is 10.4 Å². The summed E-state index contributed by atoms with van der Waals surface area (Å²) in [7, 11) is -2.78. The smallest absolute Gasteiger partial charge is 0.407 e. The van der Waals surface area contributed by atoms with Crippen LogP contribution in [-0.4, -0.2) is 44.1 Å². The zero-order valence-corrected chi connectivity index (χ0v) is 22.9. The third-order valence-electron chi connectivity index (χ3n) is 5.78. The van der Waals surface area contributed by atoms with Crippen molar-refractivity contribution in [2.75, 3.05) is 13.2 Å². The largest absolute Gasteiger partial charge is 0.444 e. The Morgan fingerprint density at radius 3 is 1.89 bits per heavy atom. The van der Waals surface area contributed by atoms with Gasteiger partial charge in [0.1, 0.15) is 5.60 Å². The number of unbranched alkanes of at least 4 members (excludes halogenated alkanes) is 1. The summed E-state index contributed by atoms with van der Waals surface area (Å²) in [6.07, 6.45) is 1.10. The number of nitro groups is 1. The van der Waals surface area contributed by atoms with Crippen LogP contribution in [-0.2, 0) is 9.16 Å². The maximum absolute atomic E-state index is 12.6. The van der Waals surface area contributed by atoms with Gasteiger partial charge in [-0.05, 0) is 49.0 Å². The van der Waals surface area contributed by atoms with Gasteiger partial charge in [-0.15, -0.1) is 0 Å². The summed E-state index contributed by atoms with van der Waals surface area (Å²) in [5.74, 6) is 0. The lowest BCUT2D eigenvalue weighted by molar-refractivity contribution is -0.480. The molecule has 0 heterocycles. The molecule has 1 N–H and O–H groups in total. The van der Waals surface area contributed by atoms with E-state index in [-0.39, 0.29) is 29.2 Å². The van der Waals surface area contributed by atoms with Crippen molar-refractivity contribution >= 4 is 24.8 Å². The highest BCUT2D eigenvalue weighted by Gasteiger charge is 2.50. The van der Waals surface area contributed by atoms with Gasteiger partial charge in [0.25, 0.3) is 8.32 Å². The van der Waals surface area contributed by atoms with E-state index in [1.807, 2.05) is 57.2 Å². The summed E-state index contributed by atoms with van der Waals surface area (Å²) in [5.41, 5.74) is -0.626. The number of nitrogens with zero attached hydrogens (tertiary/aromatic N) is 1. The summed E-state index contributed by atoms with van der Waals surface area (Å²) < 4.78 is 12.5. The van der Waals surface area contributed by atoms with Gasteiger partial charge in [-0.25, -0.2) is 4.79 Å². The summed E-state index contributed by atoms with van der Waals surface area (Å²) in [5, 5.41) is 15.8. The van der Waals surface area contributed by atoms with Crippen LogP contribution in [0.15, 0.2) is 60.7 Å². The van der Waals surface area contributed by atoms with Gasteiger partial charge >= 0.3 is 6.09 Å². The molecular weight excluding hydrogens is 460 g/mol. The quantitative estimate of drug-likeness (QED) is 0.205. The Labute approximate surface area is 210 Å². The molecule has 0 aliphatic rings. The number of hydrogen-bond donors (Lipinski definition) is 1. The number of carbonyl (C=O) groups excluding carboxylic acids is 1. The van der Waals surface area contributed by atoms with Crippen LogP contribution in [0.4, 0.5) is 4.79 Å². The lowest BCUT2D eigenvalue weighted by Gasteiger charge is -2.43. The minimum Gasteiger partial charge on any atom is -0.444 e. The van der Waals surface area contributed by atoms with Crippen molar-refractivity contribution in [2.45, 2.75) is 77.5 Å². The lowest BCUT2D eigenvalue weighted by Crippen LogP contribution is -2.67. The topological polar surface area (TPSA) is 90.7 Å². The first kappa shape index (κ1) is 28.5. The highest BCUT2D eigenvalue weighted by Crippen LogP contribution is 2.36. The molecule has 2 aromatic carbocycles. The molecule has 0 saturated carbocycles. The lowest BCUT2D eigenvalue weighted by atomic mass is 10.1. The number of benzene rings is 2. The van der Waals surface area contributed by atoms with Crippen molar-refractivity contribution in [3.63, 3.8) is 0 Å². The molecule has 0 radical (unpaired) electrons. The zero-order chi connectivity index (χ0) is 26.1. The van der Waals surface area contributed by atoms with Gasteiger partial charge in [-0.2, -0.15) is 0 Å². The third kappa shape index (κ3) is 8.47. The van der Waals surface area contributed by atoms with E-state index in [0.29, 0.717) is 19.3 Å². The van der Waals surface area contributed by atoms with Crippen LogP contribution in [0.5, 0.6) is 0 Å². The Balaban J connectivity index is 2.36. The highest BCUT2D eigenvalue weighted by molar-refractivity contribution is 6.99. The second-order valence-electron chi connectivity index (χ2n) is 10.9. The number of ether oxygens (including phenoxy) is 1. The first-order valence-corrected chi connectivity index (χ1v) is 14.1. The van der Waals surface area contributed by atoms with Crippen LogP contribution in [0.3, 0.4) is 0 Å². The van der Waals surface area contributed by atoms with Crippen LogP contribution in [0, 0.1) is 10.1 Å². The van der Waals surface area contributed by atoms with Gasteiger partial charge in [0.2, 0.25) is 6.54 Å². The van der Waals surface area contributed by atoms with Gasteiger partial charge in [0, 0.05) is 11.3 Å². The monoisotopic (exact) mass is 500 g/mol.